The zero-order valence-electron chi connectivity index (χ0n) is 12.8. The number of rotatable bonds is 4. The fourth-order valence-electron chi connectivity index (χ4n) is 2.73. The van der Waals surface area contributed by atoms with Crippen LogP contribution in [0.5, 0.6) is 0 Å². The number of benzene rings is 1. The van der Waals surface area contributed by atoms with E-state index >= 15 is 0 Å². The number of ether oxygens (including phenoxy) is 1. The van der Waals surface area contributed by atoms with E-state index in [-0.39, 0.29) is 12.2 Å². The monoisotopic (exact) mass is 321 g/mol. The van der Waals surface area contributed by atoms with Crippen LogP contribution in [0.25, 0.3) is 11.1 Å². The third kappa shape index (κ3) is 2.83. The second-order valence-corrected chi connectivity index (χ2v) is 5.53. The van der Waals surface area contributed by atoms with Gasteiger partial charge < -0.3 is 4.74 Å². The molecule has 0 spiro atoms. The number of cyclic esters (lactones) is 1. The van der Waals surface area contributed by atoms with Crippen molar-refractivity contribution in [1.82, 2.24) is 20.0 Å². The summed E-state index contributed by atoms with van der Waals surface area (Å²) in [7, 11) is 0. The van der Waals surface area contributed by atoms with Crippen LogP contribution in [0.15, 0.2) is 61.2 Å². The Morgan fingerprint density at radius 3 is 2.71 bits per heavy atom. The number of anilines is 1. The summed E-state index contributed by atoms with van der Waals surface area (Å²) in [6, 6.07) is 11.7. The molecule has 0 saturated carbocycles. The van der Waals surface area contributed by atoms with E-state index in [1.54, 1.807) is 28.2 Å². The van der Waals surface area contributed by atoms with Gasteiger partial charge in [-0.2, -0.15) is 0 Å². The van der Waals surface area contributed by atoms with E-state index < -0.39 is 0 Å². The van der Waals surface area contributed by atoms with Gasteiger partial charge in [-0.3, -0.25) is 9.88 Å². The summed E-state index contributed by atoms with van der Waals surface area (Å²) in [5, 5.41) is 7.65. The largest absolute Gasteiger partial charge is 0.442 e. The lowest BCUT2D eigenvalue weighted by Gasteiger charge is -2.13. The first-order valence-corrected chi connectivity index (χ1v) is 7.62. The van der Waals surface area contributed by atoms with Gasteiger partial charge in [-0.25, -0.2) is 9.48 Å². The van der Waals surface area contributed by atoms with Crippen molar-refractivity contribution in [1.29, 1.82) is 0 Å². The Kier molecular flexibility index (Phi) is 3.66. The fraction of sp³-hybridized carbons (Fsp3) is 0.176. The van der Waals surface area contributed by atoms with Gasteiger partial charge in [0.05, 0.1) is 19.3 Å². The van der Waals surface area contributed by atoms with Crippen LogP contribution < -0.4 is 4.90 Å². The predicted molar refractivity (Wildman–Crippen MR) is 87.3 cm³/mol. The molecule has 1 aliphatic rings. The summed E-state index contributed by atoms with van der Waals surface area (Å²) in [6.45, 7) is 0.987. The number of nitrogens with zero attached hydrogens (tertiary/aromatic N) is 5. The van der Waals surface area contributed by atoms with E-state index in [9.17, 15) is 4.79 Å². The summed E-state index contributed by atoms with van der Waals surface area (Å²) in [6.07, 6.45) is 6.33. The second-order valence-electron chi connectivity index (χ2n) is 5.53. The van der Waals surface area contributed by atoms with Crippen molar-refractivity contribution in [3.8, 4) is 11.1 Å². The Balaban J connectivity index is 1.48. The normalized spacial score (nSPS) is 17.1. The van der Waals surface area contributed by atoms with E-state index in [0.717, 1.165) is 16.8 Å². The number of carbonyl (C=O) groups excluding carboxylic acids is 1. The Morgan fingerprint density at radius 2 is 2.00 bits per heavy atom. The Bertz CT molecular complexity index is 818. The van der Waals surface area contributed by atoms with E-state index in [2.05, 4.69) is 15.3 Å². The predicted octanol–water partition coefficient (Wildman–Crippen LogP) is 2.37. The molecule has 3 aromatic rings. The molecule has 1 aromatic carbocycles. The van der Waals surface area contributed by atoms with Gasteiger partial charge in [0.2, 0.25) is 0 Å². The molecule has 1 unspecified atom stereocenters. The Hall–Kier alpha value is -3.22. The highest BCUT2D eigenvalue weighted by Gasteiger charge is 2.32. The summed E-state index contributed by atoms with van der Waals surface area (Å²) in [5.41, 5.74) is 2.91. The van der Waals surface area contributed by atoms with Crippen molar-refractivity contribution >= 4 is 11.8 Å². The molecule has 1 saturated heterocycles. The average molecular weight is 321 g/mol. The summed E-state index contributed by atoms with van der Waals surface area (Å²) < 4.78 is 7.06. The first-order chi connectivity index (χ1) is 11.8. The zero-order valence-corrected chi connectivity index (χ0v) is 12.8. The average Bonchev–Trinajstić information content (AvgIpc) is 3.26. The topological polar surface area (TPSA) is 73.1 Å². The highest BCUT2D eigenvalue weighted by molar-refractivity contribution is 5.90. The maximum absolute atomic E-state index is 12.1. The van der Waals surface area contributed by atoms with Crippen LogP contribution >= 0.6 is 0 Å². The third-order valence-corrected chi connectivity index (χ3v) is 3.91. The molecular weight excluding hydrogens is 306 g/mol. The molecule has 24 heavy (non-hydrogen) atoms. The number of aromatic nitrogens is 4. The van der Waals surface area contributed by atoms with Crippen molar-refractivity contribution in [2.75, 3.05) is 11.4 Å². The Labute approximate surface area is 138 Å². The number of hydrogen-bond donors (Lipinski definition) is 0. The third-order valence-electron chi connectivity index (χ3n) is 3.91. The second kappa shape index (κ2) is 6.11. The lowest BCUT2D eigenvalue weighted by atomic mass is 10.1. The van der Waals surface area contributed by atoms with Gasteiger partial charge in [-0.05, 0) is 29.3 Å². The molecule has 0 aliphatic carbocycles. The van der Waals surface area contributed by atoms with Crippen molar-refractivity contribution in [3.05, 3.63) is 61.2 Å². The standard InChI is InChI=1S/C17H15N5O2/c23-17-22(12-16(24-17)11-21-9-8-19-20-21)15-5-3-13(4-6-15)14-2-1-7-18-10-14/h1-10,16H,11-12H2. The van der Waals surface area contributed by atoms with Crippen molar-refractivity contribution in [3.63, 3.8) is 0 Å². The minimum absolute atomic E-state index is 0.239. The summed E-state index contributed by atoms with van der Waals surface area (Å²) in [5.74, 6) is 0. The van der Waals surface area contributed by atoms with E-state index in [4.69, 9.17) is 4.74 Å². The Morgan fingerprint density at radius 1 is 1.12 bits per heavy atom. The van der Waals surface area contributed by atoms with Crippen LogP contribution in [0.1, 0.15) is 0 Å². The molecule has 7 nitrogen and oxygen atoms in total. The molecule has 7 heteroatoms. The minimum atomic E-state index is -0.339. The van der Waals surface area contributed by atoms with Crippen molar-refractivity contribution < 1.29 is 9.53 Å². The molecular formula is C17H15N5O2. The quantitative estimate of drug-likeness (QED) is 0.737. The molecule has 1 atom stereocenters. The fourth-order valence-corrected chi connectivity index (χ4v) is 2.73. The summed E-state index contributed by atoms with van der Waals surface area (Å²) >= 11 is 0. The maximum Gasteiger partial charge on any atom is 0.414 e. The highest BCUT2D eigenvalue weighted by Crippen LogP contribution is 2.26. The SMILES string of the molecule is O=C1OC(Cn2ccnn2)CN1c1ccc(-c2cccnc2)cc1. The molecule has 1 fully saturated rings. The van der Waals surface area contributed by atoms with Gasteiger partial charge in [0.15, 0.2) is 0 Å². The number of carbonyl (C=O) groups is 1. The van der Waals surface area contributed by atoms with E-state index in [1.165, 1.54) is 0 Å². The summed E-state index contributed by atoms with van der Waals surface area (Å²) in [4.78, 5) is 17.9. The van der Waals surface area contributed by atoms with Gasteiger partial charge in [0, 0.05) is 24.3 Å². The molecule has 3 heterocycles. The number of hydrogen-bond acceptors (Lipinski definition) is 5. The molecule has 120 valence electrons. The van der Waals surface area contributed by atoms with Gasteiger partial charge in [-0.1, -0.05) is 23.4 Å². The first-order valence-electron chi connectivity index (χ1n) is 7.62. The lowest BCUT2D eigenvalue weighted by Crippen LogP contribution is -2.26. The molecule has 0 N–H and O–H groups in total. The number of amides is 1. The van der Waals surface area contributed by atoms with E-state index in [0.29, 0.717) is 13.1 Å². The van der Waals surface area contributed by atoms with Crippen LogP contribution in [-0.4, -0.2) is 38.7 Å². The minimum Gasteiger partial charge on any atom is -0.442 e. The highest BCUT2D eigenvalue weighted by atomic mass is 16.6. The molecule has 0 bridgehead atoms. The first kappa shape index (κ1) is 14.4. The van der Waals surface area contributed by atoms with Crippen molar-refractivity contribution in [2.24, 2.45) is 0 Å². The number of pyridine rings is 1. The van der Waals surface area contributed by atoms with Crippen LogP contribution in [0.4, 0.5) is 10.5 Å². The van der Waals surface area contributed by atoms with Crippen LogP contribution in [0.3, 0.4) is 0 Å². The smallest absolute Gasteiger partial charge is 0.414 e. The van der Waals surface area contributed by atoms with Gasteiger partial charge >= 0.3 is 6.09 Å². The van der Waals surface area contributed by atoms with E-state index in [1.807, 2.05) is 42.6 Å². The molecule has 0 radical (unpaired) electrons. The van der Waals surface area contributed by atoms with Gasteiger partial charge in [0.1, 0.15) is 6.10 Å². The van der Waals surface area contributed by atoms with Crippen LogP contribution in [0.2, 0.25) is 0 Å². The molecule has 2 aromatic heterocycles. The van der Waals surface area contributed by atoms with Gasteiger partial charge in [-0.15, -0.1) is 5.10 Å². The lowest BCUT2D eigenvalue weighted by molar-refractivity contribution is 0.129. The van der Waals surface area contributed by atoms with Gasteiger partial charge in [0.25, 0.3) is 0 Å². The molecule has 1 aliphatic heterocycles. The molecule has 1 amide bonds. The van der Waals surface area contributed by atoms with Crippen LogP contribution in [-0.2, 0) is 11.3 Å². The van der Waals surface area contributed by atoms with Crippen molar-refractivity contribution in [2.45, 2.75) is 12.6 Å². The molecule has 4 rings (SSSR count). The maximum atomic E-state index is 12.1. The zero-order chi connectivity index (χ0) is 16.4. The van der Waals surface area contributed by atoms with Crippen LogP contribution in [0, 0.1) is 0 Å².